The van der Waals surface area contributed by atoms with Gasteiger partial charge in [0.25, 0.3) is 0 Å². The van der Waals surface area contributed by atoms with Crippen molar-refractivity contribution < 1.29 is 17.1 Å². The van der Waals surface area contributed by atoms with E-state index in [1.165, 1.54) is 22.3 Å². The van der Waals surface area contributed by atoms with Gasteiger partial charge in [0.1, 0.15) is 0 Å². The first-order valence-corrected chi connectivity index (χ1v) is 18.3. The molecule has 8 bridgehead atoms. The van der Waals surface area contributed by atoms with Crippen LogP contribution >= 0.6 is 0 Å². The summed E-state index contributed by atoms with van der Waals surface area (Å²) in [5.74, 6) is 1.14. The van der Waals surface area contributed by atoms with E-state index in [0.29, 0.717) is 0 Å². The Morgan fingerprint density at radius 1 is 0.347 bits per heavy atom. The normalized spacial score (nSPS) is 36.4. The molecule has 0 amide bonds. The van der Waals surface area contributed by atoms with Crippen LogP contribution in [-0.4, -0.2) is 48.3 Å². The Labute approximate surface area is 302 Å². The number of rotatable bonds is 4. The summed E-state index contributed by atoms with van der Waals surface area (Å²) < 4.78 is 0. The van der Waals surface area contributed by atoms with Gasteiger partial charge >= 0.3 is 17.1 Å². The van der Waals surface area contributed by atoms with Gasteiger partial charge < -0.3 is 21.3 Å². The molecule has 49 heavy (non-hydrogen) atoms. The van der Waals surface area contributed by atoms with E-state index >= 15 is 0 Å². The third kappa shape index (κ3) is 6.42. The first-order valence-electron chi connectivity index (χ1n) is 18.3. The fourth-order valence-electron chi connectivity index (χ4n) is 9.98. The summed E-state index contributed by atoms with van der Waals surface area (Å²) in [4.78, 5) is 0. The first-order chi connectivity index (χ1) is 23.8. The summed E-state index contributed by atoms with van der Waals surface area (Å²) in [6, 6.07) is 46.7. The van der Waals surface area contributed by atoms with E-state index in [4.69, 9.17) is 10.6 Å². The number of fused-ring (bicyclic) bond motifs is 8. The monoisotopic (exact) mass is 693 g/mol. The molecule has 4 aromatic carbocycles. The van der Waals surface area contributed by atoms with Gasteiger partial charge in [0.2, 0.25) is 0 Å². The van der Waals surface area contributed by atoms with E-state index in [2.05, 4.69) is 156 Å². The number of hydrogen-bond donors (Lipinski definition) is 2. The molecule has 3 saturated heterocycles. The maximum atomic E-state index is 5.80. The molecule has 2 N–H and O–H groups in total. The summed E-state index contributed by atoms with van der Waals surface area (Å²) in [5.41, 5.74) is 5.55. The van der Waals surface area contributed by atoms with Crippen LogP contribution in [0.5, 0.6) is 0 Å². The number of nitrogens with one attached hydrogen (secondary N) is 2. The molecule has 9 rings (SSSR count). The molecule has 4 aromatic rings. The van der Waals surface area contributed by atoms with Crippen LogP contribution in [0.3, 0.4) is 0 Å². The average Bonchev–Trinajstić information content (AvgIpc) is 3.98. The van der Waals surface area contributed by atoms with E-state index in [9.17, 15) is 0 Å². The zero-order chi connectivity index (χ0) is 31.9. The van der Waals surface area contributed by atoms with Gasteiger partial charge in [-0.3, -0.25) is 0 Å². The van der Waals surface area contributed by atoms with E-state index in [0.717, 1.165) is 25.7 Å². The van der Waals surface area contributed by atoms with Crippen molar-refractivity contribution in [3.8, 4) is 0 Å². The maximum absolute atomic E-state index is 5.80. The van der Waals surface area contributed by atoms with Gasteiger partial charge in [-0.1, -0.05) is 171 Å². The van der Waals surface area contributed by atoms with Crippen molar-refractivity contribution in [2.75, 3.05) is 0 Å². The molecule has 0 spiro atoms. The molecule has 253 valence electrons. The summed E-state index contributed by atoms with van der Waals surface area (Å²) in [6.45, 7) is 0. The van der Waals surface area contributed by atoms with Gasteiger partial charge in [-0.15, -0.1) is 24.2 Å². The molecule has 0 aromatic heterocycles. The van der Waals surface area contributed by atoms with Gasteiger partial charge in [-0.2, -0.15) is 0 Å². The smallest absolute Gasteiger partial charge is 0.656 e. The van der Waals surface area contributed by atoms with Crippen molar-refractivity contribution in [3.63, 3.8) is 0 Å². The second-order valence-corrected chi connectivity index (χ2v) is 14.7. The van der Waals surface area contributed by atoms with Crippen molar-refractivity contribution in [3.05, 3.63) is 179 Å². The van der Waals surface area contributed by atoms with Crippen LogP contribution in [0, 0.1) is 0 Å². The molecule has 5 aliphatic rings. The zero-order valence-corrected chi connectivity index (χ0v) is 28.8. The van der Waals surface area contributed by atoms with Crippen molar-refractivity contribution in [1.29, 1.82) is 0 Å². The van der Waals surface area contributed by atoms with Crippen molar-refractivity contribution in [1.82, 2.24) is 10.6 Å². The molecule has 4 nitrogen and oxygen atoms in total. The van der Waals surface area contributed by atoms with Gasteiger partial charge in [0, 0.05) is 24.2 Å². The molecule has 5 heterocycles. The number of nitrogens with zero attached hydrogens (tertiary/aromatic N) is 2. The third-order valence-corrected chi connectivity index (χ3v) is 12.0. The van der Waals surface area contributed by atoms with E-state index in [1.54, 1.807) is 0 Å². The SMILES string of the molecule is C1=CC2NC1C(c1ccccc1)C1CCC([N-]1)C(c1ccccc1)C1C=CC(N1)C(c1ccccc1)C1CCC([N-]1)C2c1ccccc1.[Cu+2]. The Bertz CT molecular complexity index is 1460. The summed E-state index contributed by atoms with van der Waals surface area (Å²) in [5, 5.41) is 20.0. The Kier molecular flexibility index (Phi) is 9.75. The van der Waals surface area contributed by atoms with Crippen LogP contribution in [-0.2, 0) is 17.1 Å². The van der Waals surface area contributed by atoms with Crippen LogP contribution < -0.4 is 10.6 Å². The Morgan fingerprint density at radius 3 is 0.796 bits per heavy atom. The Morgan fingerprint density at radius 2 is 0.571 bits per heavy atom. The topological polar surface area (TPSA) is 52.3 Å². The summed E-state index contributed by atoms with van der Waals surface area (Å²) in [6.07, 6.45) is 14.3. The van der Waals surface area contributed by atoms with Gasteiger partial charge in [-0.25, -0.2) is 0 Å². The largest absolute Gasteiger partial charge is 2.00 e. The van der Waals surface area contributed by atoms with E-state index < -0.39 is 0 Å². The van der Waals surface area contributed by atoms with Crippen LogP contribution in [0.15, 0.2) is 146 Å². The summed E-state index contributed by atoms with van der Waals surface area (Å²) >= 11 is 0. The molecule has 1 radical (unpaired) electrons. The number of hydrogen-bond acceptors (Lipinski definition) is 2. The predicted octanol–water partition coefficient (Wildman–Crippen LogP) is 8.74. The van der Waals surface area contributed by atoms with Gasteiger partial charge in [0.05, 0.1) is 0 Å². The van der Waals surface area contributed by atoms with Gasteiger partial charge in [-0.05, 0) is 45.9 Å². The molecular weight excluding hydrogens is 648 g/mol. The van der Waals surface area contributed by atoms with Crippen LogP contribution in [0.1, 0.15) is 71.6 Å². The number of benzene rings is 4. The minimum atomic E-state index is 0. The van der Waals surface area contributed by atoms with Crippen LogP contribution in [0.25, 0.3) is 10.6 Å². The van der Waals surface area contributed by atoms with E-state index in [1.807, 2.05) is 0 Å². The van der Waals surface area contributed by atoms with Gasteiger partial charge in [0.15, 0.2) is 0 Å². The first kappa shape index (κ1) is 32.9. The second kappa shape index (κ2) is 14.5. The molecule has 0 saturated carbocycles. The quantitative estimate of drug-likeness (QED) is 0.166. The predicted molar refractivity (Wildman–Crippen MR) is 197 cm³/mol. The third-order valence-electron chi connectivity index (χ3n) is 12.0. The Balaban J connectivity index is 0.00000348. The van der Waals surface area contributed by atoms with Crippen LogP contribution in [0.2, 0.25) is 0 Å². The molecule has 12 unspecified atom stereocenters. The average molecular weight is 694 g/mol. The Hall–Kier alpha value is -3.28. The van der Waals surface area contributed by atoms with Crippen LogP contribution in [0.4, 0.5) is 0 Å². The molecule has 5 heteroatoms. The molecular formula is C44H46CuN4. The molecule has 12 atom stereocenters. The minimum Gasteiger partial charge on any atom is -0.656 e. The fraction of sp³-hybridized carbons (Fsp3) is 0.364. The molecule has 3 fully saturated rings. The van der Waals surface area contributed by atoms with Crippen molar-refractivity contribution >= 4 is 0 Å². The molecule has 5 aliphatic heterocycles. The fourth-order valence-corrected chi connectivity index (χ4v) is 9.98. The standard InChI is InChI=1S/C44H46N4.Cu/c1-5-13-29(14-6-1)41-33-21-23-35(45-33)42(30-15-7-2-8-16-30)37-25-27-39(47-37)44(32-19-11-4-12-20-32)40-28-26-38(48-40)43(31-17-9-3-10-18-31)36-24-22-34(41)46-36;/h1-21,23,26,28,33-45,48H,22,24-25,27H2;/q-2;+2. The zero-order valence-electron chi connectivity index (χ0n) is 27.8. The second-order valence-electron chi connectivity index (χ2n) is 14.7. The molecule has 0 aliphatic carbocycles. The van der Waals surface area contributed by atoms with Crippen molar-refractivity contribution in [2.45, 2.75) is 97.7 Å². The summed E-state index contributed by atoms with van der Waals surface area (Å²) in [7, 11) is 0. The van der Waals surface area contributed by atoms with E-state index in [-0.39, 0.29) is 89.1 Å². The minimum absolute atomic E-state index is 0. The van der Waals surface area contributed by atoms with Crippen molar-refractivity contribution in [2.24, 2.45) is 0 Å². The maximum Gasteiger partial charge on any atom is 2.00 e.